The Morgan fingerprint density at radius 3 is 2.52 bits per heavy atom. The zero-order chi connectivity index (χ0) is 15.2. The number of hydrogen-bond donors (Lipinski definition) is 0. The van der Waals surface area contributed by atoms with Crippen molar-refractivity contribution >= 4 is 11.0 Å². The summed E-state index contributed by atoms with van der Waals surface area (Å²) in [6.45, 7) is 7.81. The summed E-state index contributed by atoms with van der Waals surface area (Å²) in [6.07, 6.45) is 0. The van der Waals surface area contributed by atoms with Crippen LogP contribution < -0.4 is 5.63 Å². The summed E-state index contributed by atoms with van der Waals surface area (Å²) in [4.78, 5) is 16.6. The lowest BCUT2D eigenvalue weighted by Crippen LogP contribution is -2.13. The van der Waals surface area contributed by atoms with E-state index in [1.165, 1.54) is 0 Å². The van der Waals surface area contributed by atoms with Gasteiger partial charge in [-0.2, -0.15) is 4.98 Å². The Kier molecular flexibility index (Phi) is 2.93. The fourth-order valence-electron chi connectivity index (χ4n) is 2.18. The molecule has 0 radical (unpaired) electrons. The number of nitrogens with zero attached hydrogens (tertiary/aromatic N) is 2. The minimum Gasteiger partial charge on any atom is -0.422 e. The van der Waals surface area contributed by atoms with Gasteiger partial charge in [0.15, 0.2) is 5.82 Å². The van der Waals surface area contributed by atoms with Crippen molar-refractivity contribution in [2.45, 2.75) is 33.1 Å². The first-order valence-corrected chi connectivity index (χ1v) is 6.75. The maximum absolute atomic E-state index is 12.2. The van der Waals surface area contributed by atoms with Crippen molar-refractivity contribution in [2.24, 2.45) is 0 Å². The molecule has 2 heterocycles. The van der Waals surface area contributed by atoms with Crippen LogP contribution in [0.1, 0.15) is 32.2 Å². The molecule has 0 saturated carbocycles. The zero-order valence-electron chi connectivity index (χ0n) is 12.4. The smallest absolute Gasteiger partial charge is 0.349 e. The molecule has 3 rings (SSSR count). The molecule has 3 aromatic rings. The lowest BCUT2D eigenvalue weighted by Gasteiger charge is -2.10. The number of benzene rings is 1. The predicted octanol–water partition coefficient (Wildman–Crippen LogP) is 3.45. The second-order valence-electron chi connectivity index (χ2n) is 6.06. The predicted molar refractivity (Wildman–Crippen MR) is 79.2 cm³/mol. The number of hydrogen-bond acceptors (Lipinski definition) is 5. The Hall–Kier alpha value is -2.43. The first-order chi connectivity index (χ1) is 9.88. The van der Waals surface area contributed by atoms with Gasteiger partial charge >= 0.3 is 5.63 Å². The third-order valence-electron chi connectivity index (χ3n) is 3.38. The molecule has 5 heteroatoms. The summed E-state index contributed by atoms with van der Waals surface area (Å²) in [7, 11) is 0. The van der Waals surface area contributed by atoms with E-state index in [9.17, 15) is 4.79 Å². The first-order valence-electron chi connectivity index (χ1n) is 6.75. The standard InChI is InChI=1S/C16H16N2O3/c1-9-10-7-5-6-8-11(10)20-14(19)12(9)13-17-15(18-21-13)16(2,3)4/h5-8H,1-4H3. The fraction of sp³-hybridized carbons (Fsp3) is 0.312. The molecule has 0 N–H and O–H groups in total. The molecule has 0 bridgehead atoms. The molecule has 0 spiro atoms. The normalized spacial score (nSPS) is 12.0. The van der Waals surface area contributed by atoms with Crippen LogP contribution in [0.4, 0.5) is 0 Å². The van der Waals surface area contributed by atoms with Crippen LogP contribution in [0.3, 0.4) is 0 Å². The lowest BCUT2D eigenvalue weighted by atomic mass is 9.96. The maximum Gasteiger partial charge on any atom is 0.349 e. The van der Waals surface area contributed by atoms with E-state index >= 15 is 0 Å². The average Bonchev–Trinajstić information content (AvgIpc) is 2.88. The van der Waals surface area contributed by atoms with E-state index in [1.54, 1.807) is 6.07 Å². The number of rotatable bonds is 1. The molecule has 5 nitrogen and oxygen atoms in total. The molecule has 0 amide bonds. The highest BCUT2D eigenvalue weighted by Gasteiger charge is 2.24. The van der Waals surface area contributed by atoms with E-state index in [0.29, 0.717) is 17.0 Å². The van der Waals surface area contributed by atoms with Crippen molar-refractivity contribution in [1.82, 2.24) is 10.1 Å². The third kappa shape index (κ3) is 2.24. The largest absolute Gasteiger partial charge is 0.422 e. The van der Waals surface area contributed by atoms with Gasteiger partial charge < -0.3 is 8.94 Å². The Labute approximate surface area is 121 Å². The van der Waals surface area contributed by atoms with E-state index in [1.807, 2.05) is 45.9 Å². The van der Waals surface area contributed by atoms with Crippen molar-refractivity contribution in [1.29, 1.82) is 0 Å². The summed E-state index contributed by atoms with van der Waals surface area (Å²) in [5.41, 5.74) is 0.962. The Bertz CT molecular complexity index is 869. The molecule has 0 atom stereocenters. The van der Waals surface area contributed by atoms with Crippen LogP contribution in [-0.2, 0) is 5.41 Å². The summed E-state index contributed by atoms with van der Waals surface area (Å²) in [6, 6.07) is 7.39. The van der Waals surface area contributed by atoms with Crippen molar-refractivity contribution in [3.05, 3.63) is 46.1 Å². The Morgan fingerprint density at radius 2 is 1.86 bits per heavy atom. The topological polar surface area (TPSA) is 69.1 Å². The van der Waals surface area contributed by atoms with Crippen LogP contribution in [0.15, 0.2) is 38.0 Å². The van der Waals surface area contributed by atoms with E-state index in [4.69, 9.17) is 8.94 Å². The minimum atomic E-state index is -0.463. The average molecular weight is 284 g/mol. The number of para-hydroxylation sites is 1. The zero-order valence-corrected chi connectivity index (χ0v) is 12.4. The van der Waals surface area contributed by atoms with E-state index < -0.39 is 5.63 Å². The fourth-order valence-corrected chi connectivity index (χ4v) is 2.18. The van der Waals surface area contributed by atoms with Crippen LogP contribution in [0, 0.1) is 6.92 Å². The Morgan fingerprint density at radius 1 is 1.14 bits per heavy atom. The summed E-state index contributed by atoms with van der Waals surface area (Å²) in [5.74, 6) is 0.765. The maximum atomic E-state index is 12.2. The summed E-state index contributed by atoms with van der Waals surface area (Å²) in [5, 5.41) is 4.82. The van der Waals surface area contributed by atoms with Gasteiger partial charge in [-0.3, -0.25) is 0 Å². The molecule has 0 aliphatic rings. The first kappa shape index (κ1) is 13.5. The quantitative estimate of drug-likeness (QED) is 0.640. The lowest BCUT2D eigenvalue weighted by molar-refractivity contribution is 0.400. The van der Waals surface area contributed by atoms with E-state index in [0.717, 1.165) is 10.9 Å². The van der Waals surface area contributed by atoms with Gasteiger partial charge in [0.05, 0.1) is 0 Å². The third-order valence-corrected chi connectivity index (χ3v) is 3.38. The SMILES string of the molecule is Cc1c(-c2nc(C(C)(C)C)no2)c(=O)oc2ccccc12. The van der Waals surface area contributed by atoms with Crippen LogP contribution >= 0.6 is 0 Å². The monoisotopic (exact) mass is 284 g/mol. The van der Waals surface area contributed by atoms with Crippen LogP contribution in [0.5, 0.6) is 0 Å². The molecule has 108 valence electrons. The van der Waals surface area contributed by atoms with Gasteiger partial charge in [-0.25, -0.2) is 4.79 Å². The molecule has 0 aliphatic heterocycles. The molecule has 21 heavy (non-hydrogen) atoms. The van der Waals surface area contributed by atoms with Crippen molar-refractivity contribution in [2.75, 3.05) is 0 Å². The van der Waals surface area contributed by atoms with Gasteiger partial charge in [-0.1, -0.05) is 44.1 Å². The van der Waals surface area contributed by atoms with Gasteiger partial charge in [0.25, 0.3) is 5.89 Å². The van der Waals surface area contributed by atoms with Crippen molar-refractivity contribution < 1.29 is 8.94 Å². The minimum absolute atomic E-state index is 0.205. The highest BCUT2D eigenvalue weighted by molar-refractivity contribution is 5.84. The number of aryl methyl sites for hydroxylation is 1. The number of fused-ring (bicyclic) bond motifs is 1. The van der Waals surface area contributed by atoms with Gasteiger partial charge in [0.1, 0.15) is 11.1 Å². The molecular weight excluding hydrogens is 268 g/mol. The van der Waals surface area contributed by atoms with Gasteiger partial charge in [-0.15, -0.1) is 0 Å². The van der Waals surface area contributed by atoms with Crippen LogP contribution in [-0.4, -0.2) is 10.1 Å². The molecule has 2 aromatic heterocycles. The van der Waals surface area contributed by atoms with Gasteiger partial charge in [0.2, 0.25) is 0 Å². The molecule has 0 unspecified atom stereocenters. The molecule has 1 aromatic carbocycles. The molecular formula is C16H16N2O3. The summed E-state index contributed by atoms with van der Waals surface area (Å²) < 4.78 is 10.6. The van der Waals surface area contributed by atoms with Crippen molar-refractivity contribution in [3.8, 4) is 11.5 Å². The number of aromatic nitrogens is 2. The van der Waals surface area contributed by atoms with E-state index in [2.05, 4.69) is 10.1 Å². The molecule has 0 aliphatic carbocycles. The summed E-state index contributed by atoms with van der Waals surface area (Å²) >= 11 is 0. The van der Waals surface area contributed by atoms with E-state index in [-0.39, 0.29) is 11.3 Å². The highest BCUT2D eigenvalue weighted by Crippen LogP contribution is 2.27. The van der Waals surface area contributed by atoms with Crippen molar-refractivity contribution in [3.63, 3.8) is 0 Å². The van der Waals surface area contributed by atoms with Crippen LogP contribution in [0.2, 0.25) is 0 Å². The van der Waals surface area contributed by atoms with Crippen LogP contribution in [0.25, 0.3) is 22.4 Å². The highest BCUT2D eigenvalue weighted by atomic mass is 16.5. The van der Waals surface area contributed by atoms with Gasteiger partial charge in [0, 0.05) is 10.8 Å². The van der Waals surface area contributed by atoms with Gasteiger partial charge in [-0.05, 0) is 18.6 Å². The molecule has 0 fully saturated rings. The Balaban J connectivity index is 2.25. The second kappa shape index (κ2) is 4.55. The molecule has 0 saturated heterocycles. The second-order valence-corrected chi connectivity index (χ2v) is 6.06.